The van der Waals surface area contributed by atoms with Crippen LogP contribution in [-0.4, -0.2) is 15.4 Å². The van der Waals surface area contributed by atoms with E-state index in [1.54, 1.807) is 0 Å². The van der Waals surface area contributed by atoms with E-state index in [-0.39, 0.29) is 0 Å². The summed E-state index contributed by atoms with van der Waals surface area (Å²) in [5.74, 6) is 0. The zero-order valence-electron chi connectivity index (χ0n) is 8.23. The Balaban J connectivity index is 2.58. The quantitative estimate of drug-likeness (QED) is 0.683. The van der Waals surface area contributed by atoms with E-state index < -0.39 is 0 Å². The molecule has 0 atom stereocenters. The Labute approximate surface area is 82.8 Å². The summed E-state index contributed by atoms with van der Waals surface area (Å²) in [7, 11) is 0. The molecule has 0 spiro atoms. The summed E-state index contributed by atoms with van der Waals surface area (Å²) >= 11 is 0. The molecule has 0 fully saturated rings. The Kier molecular flexibility index (Phi) is 2.23. The molecule has 1 heterocycles. The van der Waals surface area contributed by atoms with Gasteiger partial charge in [-0.1, -0.05) is 30.3 Å². The average molecular weight is 185 g/mol. The molecule has 0 aliphatic rings. The predicted molar refractivity (Wildman–Crippen MR) is 54.7 cm³/mol. The van der Waals surface area contributed by atoms with Crippen LogP contribution in [0.15, 0.2) is 30.3 Å². The van der Waals surface area contributed by atoms with E-state index in [0.717, 1.165) is 22.5 Å². The van der Waals surface area contributed by atoms with Crippen molar-refractivity contribution in [2.75, 3.05) is 0 Å². The molecular formula is C11H11N3. The molecule has 0 N–H and O–H groups in total. The molecule has 0 saturated carbocycles. The monoisotopic (exact) mass is 185 g/mol. The number of hydrogen-bond acceptors (Lipinski definition) is 3. The topological polar surface area (TPSA) is 38.7 Å². The summed E-state index contributed by atoms with van der Waals surface area (Å²) < 4.78 is 0. The number of rotatable bonds is 1. The van der Waals surface area contributed by atoms with Crippen LogP contribution in [0.2, 0.25) is 0 Å². The SMILES string of the molecule is Cc1nnnc(-c2ccccc2)c1C. The van der Waals surface area contributed by atoms with Crippen LogP contribution in [0.25, 0.3) is 11.3 Å². The molecule has 0 unspecified atom stereocenters. The van der Waals surface area contributed by atoms with Crippen LogP contribution in [0.5, 0.6) is 0 Å². The fraction of sp³-hybridized carbons (Fsp3) is 0.182. The van der Waals surface area contributed by atoms with Crippen LogP contribution < -0.4 is 0 Å². The first-order chi connectivity index (χ1) is 6.79. The van der Waals surface area contributed by atoms with Gasteiger partial charge in [0.2, 0.25) is 0 Å². The maximum atomic E-state index is 4.05. The fourth-order valence-corrected chi connectivity index (χ4v) is 1.33. The molecule has 0 saturated heterocycles. The van der Waals surface area contributed by atoms with Crippen molar-refractivity contribution in [2.45, 2.75) is 13.8 Å². The highest BCUT2D eigenvalue weighted by Crippen LogP contribution is 2.20. The lowest BCUT2D eigenvalue weighted by atomic mass is 10.1. The van der Waals surface area contributed by atoms with Gasteiger partial charge >= 0.3 is 0 Å². The molecule has 0 aliphatic heterocycles. The van der Waals surface area contributed by atoms with Gasteiger partial charge in [-0.3, -0.25) is 0 Å². The highest BCUT2D eigenvalue weighted by Gasteiger charge is 2.05. The van der Waals surface area contributed by atoms with Crippen molar-refractivity contribution in [1.82, 2.24) is 15.4 Å². The third-order valence-corrected chi connectivity index (χ3v) is 2.28. The minimum absolute atomic E-state index is 0.915. The molecule has 3 heteroatoms. The summed E-state index contributed by atoms with van der Waals surface area (Å²) in [5, 5.41) is 11.7. The molecule has 0 radical (unpaired) electrons. The van der Waals surface area contributed by atoms with Gasteiger partial charge in [0.15, 0.2) is 0 Å². The van der Waals surface area contributed by atoms with Gasteiger partial charge in [0.25, 0.3) is 0 Å². The van der Waals surface area contributed by atoms with Crippen LogP contribution in [0, 0.1) is 13.8 Å². The standard InChI is InChI=1S/C11H11N3/c1-8-9(2)12-14-13-11(8)10-6-4-3-5-7-10/h3-7H,1-2H3. The van der Waals surface area contributed by atoms with Crippen molar-refractivity contribution in [3.05, 3.63) is 41.6 Å². The van der Waals surface area contributed by atoms with Crippen molar-refractivity contribution in [2.24, 2.45) is 0 Å². The van der Waals surface area contributed by atoms with E-state index >= 15 is 0 Å². The predicted octanol–water partition coefficient (Wildman–Crippen LogP) is 2.16. The zero-order valence-corrected chi connectivity index (χ0v) is 8.23. The highest BCUT2D eigenvalue weighted by molar-refractivity contribution is 5.62. The Morgan fingerprint density at radius 1 is 0.929 bits per heavy atom. The largest absolute Gasteiger partial charge is 0.135 e. The van der Waals surface area contributed by atoms with Gasteiger partial charge < -0.3 is 0 Å². The summed E-state index contributed by atoms with van der Waals surface area (Å²) in [6.45, 7) is 3.95. The maximum absolute atomic E-state index is 4.05. The van der Waals surface area contributed by atoms with Crippen LogP contribution in [0.3, 0.4) is 0 Å². The first kappa shape index (κ1) is 8.81. The van der Waals surface area contributed by atoms with Gasteiger partial charge in [-0.2, -0.15) is 0 Å². The summed E-state index contributed by atoms with van der Waals surface area (Å²) in [4.78, 5) is 0. The molecule has 3 nitrogen and oxygen atoms in total. The lowest BCUT2D eigenvalue weighted by Gasteiger charge is -2.04. The third kappa shape index (κ3) is 1.48. The number of hydrogen-bond donors (Lipinski definition) is 0. The van der Waals surface area contributed by atoms with Crippen LogP contribution in [0.1, 0.15) is 11.3 Å². The van der Waals surface area contributed by atoms with Crippen molar-refractivity contribution < 1.29 is 0 Å². The fourth-order valence-electron chi connectivity index (χ4n) is 1.33. The lowest BCUT2D eigenvalue weighted by molar-refractivity contribution is 0.832. The Hall–Kier alpha value is -1.77. The second kappa shape index (κ2) is 3.54. The number of nitrogens with zero attached hydrogens (tertiary/aromatic N) is 3. The van der Waals surface area contributed by atoms with E-state index in [2.05, 4.69) is 15.4 Å². The van der Waals surface area contributed by atoms with E-state index in [1.807, 2.05) is 44.2 Å². The Bertz CT molecular complexity index is 438. The normalized spacial score (nSPS) is 10.1. The summed E-state index contributed by atoms with van der Waals surface area (Å²) in [6.07, 6.45) is 0. The van der Waals surface area contributed by atoms with Gasteiger partial charge in [0, 0.05) is 11.1 Å². The molecule has 14 heavy (non-hydrogen) atoms. The smallest absolute Gasteiger partial charge is 0.0995 e. The summed E-state index contributed by atoms with van der Waals surface area (Å²) in [6, 6.07) is 10.0. The molecule has 0 bridgehead atoms. The molecule has 0 amide bonds. The van der Waals surface area contributed by atoms with Crippen molar-refractivity contribution in [3.63, 3.8) is 0 Å². The summed E-state index contributed by atoms with van der Waals surface area (Å²) in [5.41, 5.74) is 4.02. The van der Waals surface area contributed by atoms with Gasteiger partial charge in [0.05, 0.1) is 11.4 Å². The number of aryl methyl sites for hydroxylation is 1. The van der Waals surface area contributed by atoms with Crippen molar-refractivity contribution in [1.29, 1.82) is 0 Å². The first-order valence-electron chi connectivity index (χ1n) is 4.51. The van der Waals surface area contributed by atoms with Gasteiger partial charge in [-0.25, -0.2) is 0 Å². The highest BCUT2D eigenvalue weighted by atomic mass is 15.3. The van der Waals surface area contributed by atoms with E-state index in [4.69, 9.17) is 0 Å². The van der Waals surface area contributed by atoms with Gasteiger partial charge in [-0.15, -0.1) is 10.2 Å². The number of aromatic nitrogens is 3. The van der Waals surface area contributed by atoms with Crippen molar-refractivity contribution >= 4 is 0 Å². The molecular weight excluding hydrogens is 174 g/mol. The molecule has 2 aromatic rings. The maximum Gasteiger partial charge on any atom is 0.0995 e. The lowest BCUT2D eigenvalue weighted by Crippen LogP contribution is -1.98. The van der Waals surface area contributed by atoms with Crippen LogP contribution in [0.4, 0.5) is 0 Å². The van der Waals surface area contributed by atoms with E-state index in [1.165, 1.54) is 0 Å². The Morgan fingerprint density at radius 2 is 1.64 bits per heavy atom. The Morgan fingerprint density at radius 3 is 2.36 bits per heavy atom. The van der Waals surface area contributed by atoms with Crippen LogP contribution in [-0.2, 0) is 0 Å². The number of benzene rings is 1. The van der Waals surface area contributed by atoms with Crippen molar-refractivity contribution in [3.8, 4) is 11.3 Å². The van der Waals surface area contributed by atoms with Gasteiger partial charge in [-0.05, 0) is 19.1 Å². The van der Waals surface area contributed by atoms with E-state index in [0.29, 0.717) is 0 Å². The van der Waals surface area contributed by atoms with E-state index in [9.17, 15) is 0 Å². The first-order valence-corrected chi connectivity index (χ1v) is 4.51. The molecule has 1 aromatic carbocycles. The third-order valence-electron chi connectivity index (χ3n) is 2.28. The molecule has 1 aromatic heterocycles. The average Bonchev–Trinajstić information content (AvgIpc) is 2.23. The second-order valence-electron chi connectivity index (χ2n) is 3.21. The molecule has 2 rings (SSSR count). The minimum Gasteiger partial charge on any atom is -0.135 e. The second-order valence-corrected chi connectivity index (χ2v) is 3.21. The van der Waals surface area contributed by atoms with Crippen LogP contribution >= 0.6 is 0 Å². The van der Waals surface area contributed by atoms with Gasteiger partial charge in [0.1, 0.15) is 0 Å². The molecule has 70 valence electrons. The zero-order chi connectivity index (χ0) is 9.97. The minimum atomic E-state index is 0.915. The molecule has 0 aliphatic carbocycles.